The number of imidazole rings is 1. The summed E-state index contributed by atoms with van der Waals surface area (Å²) in [7, 11) is 0. The van der Waals surface area contributed by atoms with Crippen LogP contribution in [0.2, 0.25) is 5.02 Å². The van der Waals surface area contributed by atoms with Gasteiger partial charge in [-0.1, -0.05) is 17.7 Å². The molecule has 4 heteroatoms. The fourth-order valence-corrected chi connectivity index (χ4v) is 2.44. The van der Waals surface area contributed by atoms with Crippen LogP contribution in [0.4, 0.5) is 0 Å². The van der Waals surface area contributed by atoms with Gasteiger partial charge in [-0.25, -0.2) is 4.98 Å². The lowest BCUT2D eigenvalue weighted by molar-refractivity contribution is 1.06. The highest BCUT2D eigenvalue weighted by molar-refractivity contribution is 7.13. The van der Waals surface area contributed by atoms with Gasteiger partial charge in [-0.2, -0.15) is 0 Å². The zero-order chi connectivity index (χ0) is 11.7. The molecule has 17 heavy (non-hydrogen) atoms. The van der Waals surface area contributed by atoms with Crippen molar-refractivity contribution in [1.82, 2.24) is 9.55 Å². The molecule has 0 aliphatic rings. The van der Waals surface area contributed by atoms with Gasteiger partial charge < -0.3 is 4.57 Å². The predicted octanol–water partition coefficient (Wildman–Crippen LogP) is 4.25. The summed E-state index contributed by atoms with van der Waals surface area (Å²) in [6, 6.07) is 11.8. The maximum absolute atomic E-state index is 5.86. The summed E-state index contributed by atoms with van der Waals surface area (Å²) in [6.07, 6.45) is 3.84. The number of thiophene rings is 1. The van der Waals surface area contributed by atoms with Crippen molar-refractivity contribution in [2.24, 2.45) is 0 Å². The third-order valence-electron chi connectivity index (χ3n) is 2.48. The van der Waals surface area contributed by atoms with E-state index in [0.29, 0.717) is 0 Å². The number of hydrogen-bond donors (Lipinski definition) is 0. The molecule has 0 aliphatic carbocycles. The van der Waals surface area contributed by atoms with Crippen LogP contribution >= 0.6 is 22.9 Å². The summed E-state index contributed by atoms with van der Waals surface area (Å²) in [6.45, 7) is 0. The number of nitrogens with zero attached hydrogens (tertiary/aromatic N) is 2. The van der Waals surface area contributed by atoms with E-state index in [1.807, 2.05) is 47.4 Å². The van der Waals surface area contributed by atoms with Crippen LogP contribution in [0.1, 0.15) is 0 Å². The van der Waals surface area contributed by atoms with E-state index in [9.17, 15) is 0 Å². The van der Waals surface area contributed by atoms with Gasteiger partial charge in [-0.3, -0.25) is 0 Å². The van der Waals surface area contributed by atoms with E-state index >= 15 is 0 Å². The maximum Gasteiger partial charge on any atom is 0.0999 e. The number of benzene rings is 1. The first-order chi connectivity index (χ1) is 8.33. The van der Waals surface area contributed by atoms with Gasteiger partial charge in [-0.15, -0.1) is 11.3 Å². The third-order valence-corrected chi connectivity index (χ3v) is 3.63. The maximum atomic E-state index is 5.86. The highest BCUT2D eigenvalue weighted by Crippen LogP contribution is 2.23. The van der Waals surface area contributed by atoms with Crippen molar-refractivity contribution in [3.8, 4) is 16.3 Å². The van der Waals surface area contributed by atoms with E-state index in [1.165, 1.54) is 4.88 Å². The minimum absolute atomic E-state index is 0.743. The Bertz CT molecular complexity index is 611. The zero-order valence-corrected chi connectivity index (χ0v) is 10.4. The quantitative estimate of drug-likeness (QED) is 0.673. The van der Waals surface area contributed by atoms with Gasteiger partial charge in [0.25, 0.3) is 0 Å². The zero-order valence-electron chi connectivity index (χ0n) is 8.88. The summed E-state index contributed by atoms with van der Waals surface area (Å²) in [5.41, 5.74) is 2.06. The number of aromatic nitrogens is 2. The standard InChI is InChI=1S/C13H9ClN2S/c14-10-3-5-11(6-4-10)16-8-12(15-9-16)13-2-1-7-17-13/h1-9H. The lowest BCUT2D eigenvalue weighted by Crippen LogP contribution is -1.88. The molecule has 1 aromatic carbocycles. The van der Waals surface area contributed by atoms with Crippen molar-refractivity contribution in [2.45, 2.75) is 0 Å². The Morgan fingerprint density at radius 1 is 1.12 bits per heavy atom. The van der Waals surface area contributed by atoms with Crippen LogP contribution in [-0.4, -0.2) is 9.55 Å². The van der Waals surface area contributed by atoms with Crippen LogP contribution in [-0.2, 0) is 0 Å². The molecule has 0 saturated carbocycles. The summed E-state index contributed by atoms with van der Waals surface area (Å²) in [4.78, 5) is 5.58. The van der Waals surface area contributed by atoms with E-state index in [4.69, 9.17) is 11.6 Å². The van der Waals surface area contributed by atoms with Crippen molar-refractivity contribution < 1.29 is 0 Å². The molecule has 2 nitrogen and oxygen atoms in total. The molecule has 84 valence electrons. The highest BCUT2D eigenvalue weighted by Gasteiger charge is 2.03. The molecule has 0 aliphatic heterocycles. The monoisotopic (exact) mass is 260 g/mol. The van der Waals surface area contributed by atoms with Crippen molar-refractivity contribution >= 4 is 22.9 Å². The van der Waals surface area contributed by atoms with Crippen LogP contribution < -0.4 is 0 Å². The van der Waals surface area contributed by atoms with Gasteiger partial charge in [-0.05, 0) is 35.7 Å². The Hall–Kier alpha value is -1.58. The van der Waals surface area contributed by atoms with Crippen molar-refractivity contribution in [3.63, 3.8) is 0 Å². The van der Waals surface area contributed by atoms with Gasteiger partial charge >= 0.3 is 0 Å². The first-order valence-corrected chi connectivity index (χ1v) is 6.42. The normalized spacial score (nSPS) is 10.6. The fourth-order valence-electron chi connectivity index (χ4n) is 1.63. The van der Waals surface area contributed by atoms with E-state index in [0.717, 1.165) is 16.4 Å². The lowest BCUT2D eigenvalue weighted by atomic mass is 10.3. The molecule has 0 radical (unpaired) electrons. The minimum Gasteiger partial charge on any atom is -0.306 e. The molecule has 0 N–H and O–H groups in total. The van der Waals surface area contributed by atoms with Crippen LogP contribution in [0.5, 0.6) is 0 Å². The average Bonchev–Trinajstić information content (AvgIpc) is 3.00. The lowest BCUT2D eigenvalue weighted by Gasteiger charge is -2.00. The van der Waals surface area contributed by atoms with Gasteiger partial charge in [0.15, 0.2) is 0 Å². The molecular formula is C13H9ClN2S. The molecule has 3 aromatic rings. The van der Waals surface area contributed by atoms with Crippen LogP contribution in [0, 0.1) is 0 Å². The fraction of sp³-hybridized carbons (Fsp3) is 0. The Balaban J connectivity index is 1.98. The largest absolute Gasteiger partial charge is 0.306 e. The summed E-state index contributed by atoms with van der Waals surface area (Å²) < 4.78 is 1.99. The molecule has 0 fully saturated rings. The van der Waals surface area contributed by atoms with Crippen molar-refractivity contribution in [2.75, 3.05) is 0 Å². The molecule has 2 heterocycles. The van der Waals surface area contributed by atoms with Gasteiger partial charge in [0.1, 0.15) is 0 Å². The van der Waals surface area contributed by atoms with Gasteiger partial charge in [0.05, 0.1) is 16.9 Å². The molecule has 0 amide bonds. The van der Waals surface area contributed by atoms with Crippen LogP contribution in [0.25, 0.3) is 16.3 Å². The number of halogens is 1. The van der Waals surface area contributed by atoms with E-state index < -0.39 is 0 Å². The Morgan fingerprint density at radius 2 is 1.94 bits per heavy atom. The molecule has 0 bridgehead atoms. The number of rotatable bonds is 2. The molecule has 0 saturated heterocycles. The average molecular weight is 261 g/mol. The summed E-state index contributed by atoms with van der Waals surface area (Å²) in [5.74, 6) is 0. The minimum atomic E-state index is 0.743. The van der Waals surface area contributed by atoms with Crippen LogP contribution in [0.3, 0.4) is 0 Å². The van der Waals surface area contributed by atoms with Gasteiger partial charge in [0, 0.05) is 16.9 Å². The summed E-state index contributed by atoms with van der Waals surface area (Å²) >= 11 is 7.55. The van der Waals surface area contributed by atoms with Crippen molar-refractivity contribution in [3.05, 3.63) is 59.3 Å². The first kappa shape index (κ1) is 10.6. The second-order valence-electron chi connectivity index (χ2n) is 3.62. The van der Waals surface area contributed by atoms with Crippen molar-refractivity contribution in [1.29, 1.82) is 0 Å². The highest BCUT2D eigenvalue weighted by atomic mass is 35.5. The molecule has 2 aromatic heterocycles. The third kappa shape index (κ3) is 2.12. The second-order valence-corrected chi connectivity index (χ2v) is 5.00. The van der Waals surface area contributed by atoms with Gasteiger partial charge in [0.2, 0.25) is 0 Å². The molecular weight excluding hydrogens is 252 g/mol. The number of hydrogen-bond acceptors (Lipinski definition) is 2. The smallest absolute Gasteiger partial charge is 0.0999 e. The second kappa shape index (κ2) is 4.35. The SMILES string of the molecule is Clc1ccc(-n2cnc(-c3cccs3)c2)cc1. The molecule has 0 spiro atoms. The van der Waals surface area contributed by atoms with E-state index in [2.05, 4.69) is 16.4 Å². The Kier molecular flexibility index (Phi) is 2.71. The predicted molar refractivity (Wildman–Crippen MR) is 71.9 cm³/mol. The molecule has 0 unspecified atom stereocenters. The topological polar surface area (TPSA) is 17.8 Å². The van der Waals surface area contributed by atoms with E-state index in [1.54, 1.807) is 11.3 Å². The van der Waals surface area contributed by atoms with E-state index in [-0.39, 0.29) is 0 Å². The molecule has 0 atom stereocenters. The Morgan fingerprint density at radius 3 is 2.65 bits per heavy atom. The van der Waals surface area contributed by atoms with Crippen LogP contribution in [0.15, 0.2) is 54.3 Å². The molecule has 3 rings (SSSR count). The summed E-state index contributed by atoms with van der Waals surface area (Å²) in [5, 5.41) is 2.80. The Labute approximate surface area is 108 Å². The first-order valence-electron chi connectivity index (χ1n) is 5.17.